The van der Waals surface area contributed by atoms with Gasteiger partial charge in [-0.25, -0.2) is 0 Å². The maximum absolute atomic E-state index is 11.0. The molecule has 1 saturated carbocycles. The summed E-state index contributed by atoms with van der Waals surface area (Å²) in [5, 5.41) is 11.0. The van der Waals surface area contributed by atoms with Gasteiger partial charge in [0.25, 0.3) is 0 Å². The summed E-state index contributed by atoms with van der Waals surface area (Å²) in [5.41, 5.74) is 0.352. The lowest BCUT2D eigenvalue weighted by atomic mass is 9.64. The van der Waals surface area contributed by atoms with E-state index in [1.807, 2.05) is 0 Å². The standard InChI is InChI=1S/C21H41NO/c1-7-10-21(17(6)19-11-18(19)9-3)12-15(4)14-22(16(5)8-2)20(23)13-21/h15-20,23H,7-14H2,1-6H3/t15-,16-,17-,18+,19-,20+,21+/m0/s1. The van der Waals surface area contributed by atoms with Crippen molar-refractivity contribution in [3.63, 3.8) is 0 Å². The van der Waals surface area contributed by atoms with Crippen molar-refractivity contribution in [2.45, 2.75) is 98.8 Å². The number of hydrogen-bond acceptors (Lipinski definition) is 2. The number of nitrogens with zero attached hydrogens (tertiary/aromatic N) is 1. The Bertz CT molecular complexity index is 371. The van der Waals surface area contributed by atoms with Crippen LogP contribution in [-0.4, -0.2) is 28.8 Å². The first-order valence-electron chi connectivity index (χ1n) is 10.3. The molecule has 1 N–H and O–H groups in total. The second-order valence-electron chi connectivity index (χ2n) is 8.92. The fraction of sp³-hybridized carbons (Fsp3) is 1.00. The van der Waals surface area contributed by atoms with E-state index < -0.39 is 0 Å². The number of aliphatic hydroxyl groups excluding tert-OH is 1. The molecule has 23 heavy (non-hydrogen) atoms. The van der Waals surface area contributed by atoms with Crippen LogP contribution in [0.15, 0.2) is 0 Å². The molecule has 0 radical (unpaired) electrons. The van der Waals surface area contributed by atoms with E-state index in [0.717, 1.165) is 37.1 Å². The van der Waals surface area contributed by atoms with Crippen LogP contribution in [-0.2, 0) is 0 Å². The summed E-state index contributed by atoms with van der Waals surface area (Å²) in [7, 11) is 0. The summed E-state index contributed by atoms with van der Waals surface area (Å²) < 4.78 is 0. The van der Waals surface area contributed by atoms with E-state index >= 15 is 0 Å². The first kappa shape index (κ1) is 19.2. The van der Waals surface area contributed by atoms with Crippen molar-refractivity contribution in [1.82, 2.24) is 4.90 Å². The number of likely N-dealkylation sites (tertiary alicyclic amines) is 1. The Labute approximate surface area is 145 Å². The van der Waals surface area contributed by atoms with Gasteiger partial charge in [-0.1, -0.05) is 47.5 Å². The largest absolute Gasteiger partial charge is 0.378 e. The SMILES string of the molecule is CCC[C@@]1([C@@H](C)[C@@H]2C[C@H]2CC)C[C@H](C)CN([C@@H](C)CC)[C@H](O)C1. The molecule has 0 unspecified atom stereocenters. The number of rotatable bonds is 7. The lowest BCUT2D eigenvalue weighted by Crippen LogP contribution is -2.44. The normalized spacial score (nSPS) is 41.3. The van der Waals surface area contributed by atoms with Crippen LogP contribution >= 0.6 is 0 Å². The van der Waals surface area contributed by atoms with Gasteiger partial charge in [-0.2, -0.15) is 0 Å². The quantitative estimate of drug-likeness (QED) is 0.687. The predicted octanol–water partition coefficient (Wildman–Crippen LogP) is 5.30. The van der Waals surface area contributed by atoms with E-state index in [1.54, 1.807) is 0 Å². The highest BCUT2D eigenvalue weighted by molar-refractivity contribution is 5.00. The Balaban J connectivity index is 2.21. The van der Waals surface area contributed by atoms with Crippen molar-refractivity contribution in [3.8, 4) is 0 Å². The first-order valence-corrected chi connectivity index (χ1v) is 10.3. The van der Waals surface area contributed by atoms with E-state index in [0.29, 0.717) is 17.4 Å². The fourth-order valence-corrected chi connectivity index (χ4v) is 5.62. The van der Waals surface area contributed by atoms with Gasteiger partial charge in [0.2, 0.25) is 0 Å². The van der Waals surface area contributed by atoms with Crippen molar-refractivity contribution in [2.75, 3.05) is 6.54 Å². The molecule has 0 aromatic carbocycles. The van der Waals surface area contributed by atoms with Crippen molar-refractivity contribution < 1.29 is 5.11 Å². The lowest BCUT2D eigenvalue weighted by Gasteiger charge is -2.42. The Morgan fingerprint density at radius 2 is 1.87 bits per heavy atom. The van der Waals surface area contributed by atoms with Crippen LogP contribution in [0.1, 0.15) is 86.5 Å². The Morgan fingerprint density at radius 1 is 1.17 bits per heavy atom. The molecular formula is C21H41NO. The van der Waals surface area contributed by atoms with Crippen molar-refractivity contribution >= 4 is 0 Å². The van der Waals surface area contributed by atoms with Crippen LogP contribution in [0.3, 0.4) is 0 Å². The van der Waals surface area contributed by atoms with E-state index in [4.69, 9.17) is 0 Å². The maximum Gasteiger partial charge on any atom is 0.108 e. The van der Waals surface area contributed by atoms with E-state index in [1.165, 1.54) is 32.1 Å². The summed E-state index contributed by atoms with van der Waals surface area (Å²) in [4.78, 5) is 2.39. The maximum atomic E-state index is 11.0. The molecule has 2 heteroatoms. The van der Waals surface area contributed by atoms with Gasteiger partial charge < -0.3 is 5.11 Å². The zero-order chi connectivity index (χ0) is 17.2. The van der Waals surface area contributed by atoms with Gasteiger partial charge >= 0.3 is 0 Å². The zero-order valence-corrected chi connectivity index (χ0v) is 16.5. The molecule has 7 atom stereocenters. The van der Waals surface area contributed by atoms with Crippen LogP contribution in [0.5, 0.6) is 0 Å². The molecule has 136 valence electrons. The first-order chi connectivity index (χ1) is 10.9. The summed E-state index contributed by atoms with van der Waals surface area (Å²) in [6.45, 7) is 15.2. The zero-order valence-electron chi connectivity index (χ0n) is 16.5. The highest BCUT2D eigenvalue weighted by Crippen LogP contribution is 2.57. The number of aliphatic hydroxyl groups is 1. The van der Waals surface area contributed by atoms with E-state index in [2.05, 4.69) is 46.4 Å². The minimum Gasteiger partial charge on any atom is -0.378 e. The third-order valence-corrected chi connectivity index (χ3v) is 7.26. The van der Waals surface area contributed by atoms with Crippen LogP contribution < -0.4 is 0 Å². The monoisotopic (exact) mass is 323 g/mol. The van der Waals surface area contributed by atoms with Crippen LogP contribution in [0, 0.1) is 29.1 Å². The highest BCUT2D eigenvalue weighted by Gasteiger charge is 2.51. The molecular weight excluding hydrogens is 282 g/mol. The second-order valence-corrected chi connectivity index (χ2v) is 8.92. The minimum atomic E-state index is -0.247. The molecule has 2 rings (SSSR count). The van der Waals surface area contributed by atoms with Gasteiger partial charge in [0, 0.05) is 12.6 Å². The van der Waals surface area contributed by atoms with Crippen LogP contribution in [0.25, 0.3) is 0 Å². The molecule has 0 spiro atoms. The van der Waals surface area contributed by atoms with Crippen LogP contribution in [0.2, 0.25) is 0 Å². The van der Waals surface area contributed by atoms with Gasteiger partial charge in [-0.05, 0) is 68.1 Å². The molecule has 2 fully saturated rings. The van der Waals surface area contributed by atoms with Gasteiger partial charge in [-0.15, -0.1) is 0 Å². The van der Waals surface area contributed by atoms with Gasteiger partial charge in [-0.3, -0.25) is 4.90 Å². The molecule has 1 saturated heterocycles. The summed E-state index contributed by atoms with van der Waals surface area (Å²) in [5.74, 6) is 3.33. The summed E-state index contributed by atoms with van der Waals surface area (Å²) in [6.07, 6.45) is 8.48. The van der Waals surface area contributed by atoms with Crippen molar-refractivity contribution in [3.05, 3.63) is 0 Å². The molecule has 2 aliphatic rings. The Kier molecular flexibility index (Phi) is 6.58. The van der Waals surface area contributed by atoms with Crippen molar-refractivity contribution in [2.24, 2.45) is 29.1 Å². The number of hydrogen-bond donors (Lipinski definition) is 1. The highest BCUT2D eigenvalue weighted by atomic mass is 16.3. The van der Waals surface area contributed by atoms with Gasteiger partial charge in [0.15, 0.2) is 0 Å². The molecule has 1 aliphatic carbocycles. The third-order valence-electron chi connectivity index (χ3n) is 7.26. The topological polar surface area (TPSA) is 23.5 Å². The molecule has 0 aromatic heterocycles. The molecule has 1 aliphatic heterocycles. The van der Waals surface area contributed by atoms with E-state index in [-0.39, 0.29) is 6.23 Å². The van der Waals surface area contributed by atoms with Gasteiger partial charge in [0.1, 0.15) is 6.23 Å². The average molecular weight is 324 g/mol. The molecule has 2 nitrogen and oxygen atoms in total. The summed E-state index contributed by atoms with van der Waals surface area (Å²) >= 11 is 0. The van der Waals surface area contributed by atoms with Crippen molar-refractivity contribution in [1.29, 1.82) is 0 Å². The molecule has 0 aromatic rings. The third kappa shape index (κ3) is 4.12. The molecule has 0 bridgehead atoms. The van der Waals surface area contributed by atoms with Crippen LogP contribution in [0.4, 0.5) is 0 Å². The fourth-order valence-electron chi connectivity index (χ4n) is 5.62. The molecule has 0 amide bonds. The smallest absolute Gasteiger partial charge is 0.108 e. The van der Waals surface area contributed by atoms with E-state index in [9.17, 15) is 5.11 Å². The Morgan fingerprint density at radius 3 is 2.39 bits per heavy atom. The summed E-state index contributed by atoms with van der Waals surface area (Å²) in [6, 6.07) is 0.490. The Hall–Kier alpha value is -0.0800. The van der Waals surface area contributed by atoms with Gasteiger partial charge in [0.05, 0.1) is 0 Å². The average Bonchev–Trinajstić information content (AvgIpc) is 3.31. The minimum absolute atomic E-state index is 0.247. The molecule has 1 heterocycles. The predicted molar refractivity (Wildman–Crippen MR) is 99.3 cm³/mol. The lowest BCUT2D eigenvalue weighted by molar-refractivity contribution is -0.0517. The second kappa shape index (κ2) is 7.87.